The summed E-state index contributed by atoms with van der Waals surface area (Å²) in [6.07, 6.45) is 0. The molecule has 0 saturated heterocycles. The molecule has 0 N–H and O–H groups in total. The summed E-state index contributed by atoms with van der Waals surface area (Å²) >= 11 is 5.02. The lowest BCUT2D eigenvalue weighted by molar-refractivity contribution is 0.0215. The van der Waals surface area contributed by atoms with Gasteiger partial charge >= 0.3 is 0 Å². The van der Waals surface area contributed by atoms with E-state index in [1.54, 1.807) is 0 Å². The molecule has 4 heteroatoms. The molecule has 12 heavy (non-hydrogen) atoms. The fraction of sp³-hybridized carbons (Fsp3) is 0.250. The first-order valence-electron chi connectivity index (χ1n) is 3.26. The van der Waals surface area contributed by atoms with Crippen molar-refractivity contribution in [3.8, 4) is 0 Å². The highest BCUT2D eigenvalue weighted by Gasteiger charge is 2.29. The van der Waals surface area contributed by atoms with E-state index in [2.05, 4.69) is 0 Å². The fourth-order valence-corrected chi connectivity index (χ4v) is 0.925. The number of halogens is 4. The molecule has 0 aliphatic carbocycles. The van der Waals surface area contributed by atoms with Gasteiger partial charge in [-0.25, -0.2) is 4.39 Å². The number of alkyl halides is 3. The van der Waals surface area contributed by atoms with Gasteiger partial charge in [0, 0.05) is 5.56 Å². The van der Waals surface area contributed by atoms with Crippen LogP contribution in [0.3, 0.4) is 0 Å². The third kappa shape index (κ3) is 1.91. The minimum atomic E-state index is -3.07. The van der Waals surface area contributed by atoms with Crippen LogP contribution < -0.4 is 0 Å². The van der Waals surface area contributed by atoms with Crippen molar-refractivity contribution in [2.45, 2.75) is 5.92 Å². The van der Waals surface area contributed by atoms with Crippen LogP contribution >= 0.6 is 11.6 Å². The van der Waals surface area contributed by atoms with Gasteiger partial charge in [0.1, 0.15) is 5.82 Å². The molecule has 0 spiro atoms. The maximum absolute atomic E-state index is 12.8. The van der Waals surface area contributed by atoms with E-state index in [-0.39, 0.29) is 5.56 Å². The molecule has 0 aliphatic rings. The molecule has 1 aromatic carbocycles. The van der Waals surface area contributed by atoms with E-state index < -0.39 is 17.6 Å². The Morgan fingerprint density at radius 1 is 1.17 bits per heavy atom. The van der Waals surface area contributed by atoms with Crippen LogP contribution in [0.15, 0.2) is 24.3 Å². The zero-order valence-electron chi connectivity index (χ0n) is 6.03. The molecule has 0 radical (unpaired) electrons. The van der Waals surface area contributed by atoms with Crippen LogP contribution in [0, 0.1) is 5.82 Å². The molecule has 1 aromatic rings. The minimum absolute atomic E-state index is 0.265. The van der Waals surface area contributed by atoms with Gasteiger partial charge in [-0.05, 0) is 12.1 Å². The van der Waals surface area contributed by atoms with Crippen molar-refractivity contribution in [2.75, 3.05) is 5.88 Å². The quantitative estimate of drug-likeness (QED) is 0.635. The predicted molar refractivity (Wildman–Crippen MR) is 41.0 cm³/mol. The topological polar surface area (TPSA) is 0 Å². The van der Waals surface area contributed by atoms with Gasteiger partial charge in [0.05, 0.1) is 5.88 Å². The highest BCUT2D eigenvalue weighted by atomic mass is 35.5. The lowest BCUT2D eigenvalue weighted by Crippen LogP contribution is -2.14. The van der Waals surface area contributed by atoms with Crippen LogP contribution in [0.2, 0.25) is 0 Å². The maximum atomic E-state index is 12.8. The molecule has 0 heterocycles. The van der Waals surface area contributed by atoms with E-state index in [1.165, 1.54) is 0 Å². The van der Waals surface area contributed by atoms with Crippen molar-refractivity contribution in [1.82, 2.24) is 0 Å². The first kappa shape index (κ1) is 9.39. The Balaban J connectivity index is 2.96. The summed E-state index contributed by atoms with van der Waals surface area (Å²) in [5.74, 6) is -4.41. The molecule has 1 rings (SSSR count). The molecule has 0 amide bonds. The second kappa shape index (κ2) is 3.35. The Bertz CT molecular complexity index is 256. The Hall–Kier alpha value is -0.700. The summed E-state index contributed by atoms with van der Waals surface area (Å²) < 4.78 is 37.8. The van der Waals surface area contributed by atoms with Crippen LogP contribution in [0.25, 0.3) is 0 Å². The van der Waals surface area contributed by atoms with Crippen LogP contribution in [-0.2, 0) is 5.92 Å². The maximum Gasteiger partial charge on any atom is 0.286 e. The van der Waals surface area contributed by atoms with Crippen molar-refractivity contribution in [1.29, 1.82) is 0 Å². The monoisotopic (exact) mass is 194 g/mol. The van der Waals surface area contributed by atoms with E-state index in [0.29, 0.717) is 0 Å². The Morgan fingerprint density at radius 2 is 1.67 bits per heavy atom. The normalized spacial score (nSPS) is 11.7. The lowest BCUT2D eigenvalue weighted by atomic mass is 10.1. The average Bonchev–Trinajstić information content (AvgIpc) is 2.05. The molecule has 0 unspecified atom stereocenters. The molecule has 0 saturated carbocycles. The van der Waals surface area contributed by atoms with Gasteiger partial charge in [-0.15, -0.1) is 11.6 Å². The molecular weight excluding hydrogens is 189 g/mol. The summed E-state index contributed by atoms with van der Waals surface area (Å²) in [6, 6.07) is 4.01. The molecule has 0 atom stereocenters. The van der Waals surface area contributed by atoms with Gasteiger partial charge in [0.15, 0.2) is 0 Å². The number of hydrogen-bond donors (Lipinski definition) is 0. The van der Waals surface area contributed by atoms with Crippen LogP contribution in [0.1, 0.15) is 5.56 Å². The van der Waals surface area contributed by atoms with Crippen molar-refractivity contribution in [3.05, 3.63) is 35.6 Å². The average molecular weight is 195 g/mol. The van der Waals surface area contributed by atoms with Crippen molar-refractivity contribution in [3.63, 3.8) is 0 Å². The number of hydrogen-bond acceptors (Lipinski definition) is 0. The van der Waals surface area contributed by atoms with Gasteiger partial charge in [0.25, 0.3) is 5.92 Å². The van der Waals surface area contributed by atoms with Crippen LogP contribution in [0.4, 0.5) is 13.2 Å². The van der Waals surface area contributed by atoms with Gasteiger partial charge in [-0.1, -0.05) is 12.1 Å². The SMILES string of the molecule is Fc1ccc(C(F)(F)CCl)cc1. The smallest absolute Gasteiger partial charge is 0.207 e. The largest absolute Gasteiger partial charge is 0.286 e. The molecule has 0 fully saturated rings. The minimum Gasteiger partial charge on any atom is -0.207 e. The first-order valence-corrected chi connectivity index (χ1v) is 3.79. The summed E-state index contributed by atoms with van der Waals surface area (Å²) in [5.41, 5.74) is -0.265. The van der Waals surface area contributed by atoms with E-state index in [4.69, 9.17) is 11.6 Å². The summed E-state index contributed by atoms with van der Waals surface area (Å²) in [6.45, 7) is 0. The summed E-state index contributed by atoms with van der Waals surface area (Å²) in [7, 11) is 0. The number of rotatable bonds is 2. The van der Waals surface area contributed by atoms with E-state index in [0.717, 1.165) is 24.3 Å². The van der Waals surface area contributed by atoms with Gasteiger partial charge in [-0.2, -0.15) is 8.78 Å². The highest BCUT2D eigenvalue weighted by molar-refractivity contribution is 6.18. The third-order valence-corrected chi connectivity index (χ3v) is 1.77. The zero-order valence-corrected chi connectivity index (χ0v) is 6.78. The molecule has 0 nitrogen and oxygen atoms in total. The molecule has 0 aromatic heterocycles. The summed E-state index contributed by atoms with van der Waals surface area (Å²) in [4.78, 5) is 0. The van der Waals surface area contributed by atoms with Gasteiger partial charge in [0.2, 0.25) is 0 Å². The molecule has 0 aliphatic heterocycles. The second-order valence-electron chi connectivity index (χ2n) is 2.34. The third-order valence-electron chi connectivity index (χ3n) is 1.43. The van der Waals surface area contributed by atoms with E-state index in [9.17, 15) is 13.2 Å². The number of benzene rings is 1. The first-order chi connectivity index (χ1) is 5.56. The van der Waals surface area contributed by atoms with Gasteiger partial charge in [-0.3, -0.25) is 0 Å². The van der Waals surface area contributed by atoms with Crippen molar-refractivity contribution in [2.24, 2.45) is 0 Å². The molecule has 0 bridgehead atoms. The summed E-state index contributed by atoms with van der Waals surface area (Å²) in [5, 5.41) is 0. The molecule has 66 valence electrons. The van der Waals surface area contributed by atoms with E-state index in [1.807, 2.05) is 0 Å². The van der Waals surface area contributed by atoms with Crippen molar-refractivity contribution >= 4 is 11.6 Å². The van der Waals surface area contributed by atoms with Gasteiger partial charge < -0.3 is 0 Å². The molecular formula is C8H6ClF3. The highest BCUT2D eigenvalue weighted by Crippen LogP contribution is 2.28. The van der Waals surface area contributed by atoms with Crippen molar-refractivity contribution < 1.29 is 13.2 Å². The standard InChI is InChI=1S/C8H6ClF3/c9-5-8(11,12)6-1-3-7(10)4-2-6/h1-4H,5H2. The Morgan fingerprint density at radius 3 is 2.08 bits per heavy atom. The predicted octanol–water partition coefficient (Wildman–Crippen LogP) is 3.16. The van der Waals surface area contributed by atoms with E-state index >= 15 is 0 Å². The fourth-order valence-electron chi connectivity index (χ4n) is 0.771. The lowest BCUT2D eigenvalue weighted by Gasteiger charge is -2.12. The van der Waals surface area contributed by atoms with Crippen LogP contribution in [0.5, 0.6) is 0 Å². The Labute approximate surface area is 73.0 Å². The second-order valence-corrected chi connectivity index (χ2v) is 2.61. The van der Waals surface area contributed by atoms with Crippen LogP contribution in [-0.4, -0.2) is 5.88 Å². The Kier molecular flexibility index (Phi) is 2.62. The zero-order chi connectivity index (χ0) is 9.19.